The number of furan rings is 1. The Morgan fingerprint density at radius 3 is 2.20 bits per heavy atom. The highest BCUT2D eigenvalue weighted by atomic mass is 32.2. The third-order valence-corrected chi connectivity index (χ3v) is 4.71. The molecule has 30 heavy (non-hydrogen) atoms. The Morgan fingerprint density at radius 2 is 1.60 bits per heavy atom. The highest BCUT2D eigenvalue weighted by Gasteiger charge is 2.23. The maximum Gasteiger partial charge on any atom is 0.287 e. The van der Waals surface area contributed by atoms with Crippen molar-refractivity contribution in [2.75, 3.05) is 16.3 Å². The lowest BCUT2D eigenvalue weighted by Gasteiger charge is -2.18. The fraction of sp³-hybridized carbons (Fsp3) is 0.143. The molecule has 2 aromatic carbocycles. The average molecular weight is 427 g/mol. The quantitative estimate of drug-likeness (QED) is 0.511. The summed E-state index contributed by atoms with van der Waals surface area (Å²) < 4.78 is 30.0. The van der Waals surface area contributed by atoms with Gasteiger partial charge in [0, 0.05) is 17.8 Å². The predicted molar refractivity (Wildman–Crippen MR) is 114 cm³/mol. The Labute approximate surface area is 174 Å². The summed E-state index contributed by atoms with van der Waals surface area (Å²) in [6.07, 6.45) is 2.72. The molecule has 0 saturated carbocycles. The number of anilines is 2. The van der Waals surface area contributed by atoms with Gasteiger partial charge in [-0.15, -0.1) is 0 Å². The standard InChI is InChI=1S/C21H21N3O5S/c1-30(27,28)24-17-11-9-16(10-12-17)22-20(25)18(14-15-6-3-2-4-7-15)23-21(26)19-8-5-13-29-19/h2-13,18,24H,14H2,1H3,(H,22,25)(H,23,26). The summed E-state index contributed by atoms with van der Waals surface area (Å²) in [7, 11) is -3.39. The van der Waals surface area contributed by atoms with E-state index in [0.29, 0.717) is 11.4 Å². The molecule has 2 amide bonds. The molecule has 0 aliphatic rings. The number of nitrogens with one attached hydrogen (secondary N) is 3. The topological polar surface area (TPSA) is 118 Å². The minimum atomic E-state index is -3.39. The van der Waals surface area contributed by atoms with E-state index in [-0.39, 0.29) is 12.2 Å². The number of benzene rings is 2. The van der Waals surface area contributed by atoms with E-state index < -0.39 is 27.9 Å². The van der Waals surface area contributed by atoms with Crippen LogP contribution in [0.25, 0.3) is 0 Å². The van der Waals surface area contributed by atoms with Crippen LogP contribution in [0.2, 0.25) is 0 Å². The Morgan fingerprint density at radius 1 is 0.933 bits per heavy atom. The third-order valence-electron chi connectivity index (χ3n) is 4.11. The van der Waals surface area contributed by atoms with Crippen molar-refractivity contribution in [2.24, 2.45) is 0 Å². The highest BCUT2D eigenvalue weighted by Crippen LogP contribution is 2.15. The minimum Gasteiger partial charge on any atom is -0.459 e. The molecule has 0 radical (unpaired) electrons. The van der Waals surface area contributed by atoms with Gasteiger partial charge in [-0.05, 0) is 42.0 Å². The van der Waals surface area contributed by atoms with Gasteiger partial charge in [0.2, 0.25) is 15.9 Å². The van der Waals surface area contributed by atoms with Crippen molar-refractivity contribution in [3.8, 4) is 0 Å². The molecule has 3 aromatic rings. The van der Waals surface area contributed by atoms with Crippen molar-refractivity contribution >= 4 is 33.2 Å². The number of amides is 2. The maximum atomic E-state index is 12.9. The number of rotatable bonds is 8. The van der Waals surface area contributed by atoms with E-state index in [2.05, 4.69) is 15.4 Å². The van der Waals surface area contributed by atoms with Crippen LogP contribution in [0.1, 0.15) is 16.1 Å². The van der Waals surface area contributed by atoms with Gasteiger partial charge in [-0.1, -0.05) is 30.3 Å². The lowest BCUT2D eigenvalue weighted by atomic mass is 10.0. The molecular formula is C21H21N3O5S. The zero-order valence-electron chi connectivity index (χ0n) is 16.2. The molecule has 8 nitrogen and oxygen atoms in total. The van der Waals surface area contributed by atoms with Crippen LogP contribution in [0, 0.1) is 0 Å². The summed E-state index contributed by atoms with van der Waals surface area (Å²) in [5, 5.41) is 5.44. The van der Waals surface area contributed by atoms with E-state index in [4.69, 9.17) is 4.42 Å². The van der Waals surface area contributed by atoms with Gasteiger partial charge >= 0.3 is 0 Å². The van der Waals surface area contributed by atoms with Crippen LogP contribution in [-0.2, 0) is 21.2 Å². The SMILES string of the molecule is CS(=O)(=O)Nc1ccc(NC(=O)C(Cc2ccccc2)NC(=O)c2ccco2)cc1. The van der Waals surface area contributed by atoms with Gasteiger partial charge in [0.15, 0.2) is 5.76 Å². The first-order valence-corrected chi connectivity index (χ1v) is 11.0. The first-order chi connectivity index (χ1) is 14.3. The summed E-state index contributed by atoms with van der Waals surface area (Å²) in [4.78, 5) is 25.3. The second kappa shape index (κ2) is 9.27. The zero-order valence-corrected chi connectivity index (χ0v) is 17.0. The van der Waals surface area contributed by atoms with Crippen LogP contribution in [0.4, 0.5) is 11.4 Å². The normalized spacial score (nSPS) is 12.0. The van der Waals surface area contributed by atoms with Gasteiger partial charge in [0.25, 0.3) is 5.91 Å². The molecule has 0 spiro atoms. The van der Waals surface area contributed by atoms with Crippen molar-refractivity contribution in [2.45, 2.75) is 12.5 Å². The summed E-state index contributed by atoms with van der Waals surface area (Å²) in [6, 6.07) is 17.8. The molecule has 1 aromatic heterocycles. The summed E-state index contributed by atoms with van der Waals surface area (Å²) in [5.41, 5.74) is 1.72. The summed E-state index contributed by atoms with van der Waals surface area (Å²) in [6.45, 7) is 0. The fourth-order valence-electron chi connectivity index (χ4n) is 2.76. The monoisotopic (exact) mass is 427 g/mol. The summed E-state index contributed by atoms with van der Waals surface area (Å²) in [5.74, 6) is -0.802. The number of carbonyl (C=O) groups excluding carboxylic acids is 2. The molecule has 156 valence electrons. The van der Waals surface area contributed by atoms with Crippen LogP contribution in [0.5, 0.6) is 0 Å². The molecule has 1 atom stereocenters. The minimum absolute atomic E-state index is 0.108. The van der Waals surface area contributed by atoms with Crippen molar-refractivity contribution in [3.05, 3.63) is 84.3 Å². The van der Waals surface area contributed by atoms with Crippen LogP contribution < -0.4 is 15.4 Å². The summed E-state index contributed by atoms with van der Waals surface area (Å²) >= 11 is 0. The van der Waals surface area contributed by atoms with E-state index in [0.717, 1.165) is 11.8 Å². The largest absolute Gasteiger partial charge is 0.459 e. The number of hydrogen-bond donors (Lipinski definition) is 3. The van der Waals surface area contributed by atoms with Crippen molar-refractivity contribution in [1.29, 1.82) is 0 Å². The molecule has 3 rings (SSSR count). The Hall–Kier alpha value is -3.59. The first-order valence-electron chi connectivity index (χ1n) is 9.07. The first kappa shape index (κ1) is 21.1. The van der Waals surface area contributed by atoms with Crippen LogP contribution in [-0.4, -0.2) is 32.5 Å². The van der Waals surface area contributed by atoms with Gasteiger partial charge in [-0.2, -0.15) is 0 Å². The second-order valence-corrected chi connectivity index (χ2v) is 8.38. The molecule has 0 fully saturated rings. The smallest absolute Gasteiger partial charge is 0.287 e. The van der Waals surface area contributed by atoms with Gasteiger partial charge in [0.1, 0.15) is 6.04 Å². The maximum absolute atomic E-state index is 12.9. The molecule has 9 heteroatoms. The molecule has 1 unspecified atom stereocenters. The van der Waals surface area contributed by atoms with Crippen LogP contribution in [0.15, 0.2) is 77.4 Å². The third kappa shape index (κ3) is 6.21. The van der Waals surface area contributed by atoms with Gasteiger partial charge in [-0.25, -0.2) is 8.42 Å². The van der Waals surface area contributed by atoms with Gasteiger partial charge in [0.05, 0.1) is 12.5 Å². The number of carbonyl (C=O) groups is 2. The fourth-order valence-corrected chi connectivity index (χ4v) is 3.33. The zero-order chi connectivity index (χ0) is 21.6. The van der Waals surface area contributed by atoms with E-state index >= 15 is 0 Å². The van der Waals surface area contributed by atoms with Crippen molar-refractivity contribution < 1.29 is 22.4 Å². The van der Waals surface area contributed by atoms with Gasteiger partial charge < -0.3 is 15.1 Å². The molecule has 1 heterocycles. The van der Waals surface area contributed by atoms with E-state index in [1.54, 1.807) is 18.2 Å². The molecular weight excluding hydrogens is 406 g/mol. The predicted octanol–water partition coefficient (Wildman–Crippen LogP) is 2.63. The van der Waals surface area contributed by atoms with E-state index in [9.17, 15) is 18.0 Å². The van der Waals surface area contributed by atoms with Crippen molar-refractivity contribution in [3.63, 3.8) is 0 Å². The van der Waals surface area contributed by atoms with Crippen LogP contribution >= 0.6 is 0 Å². The highest BCUT2D eigenvalue weighted by molar-refractivity contribution is 7.92. The molecule has 0 aliphatic heterocycles. The molecule has 0 bridgehead atoms. The molecule has 3 N–H and O–H groups in total. The lowest BCUT2D eigenvalue weighted by Crippen LogP contribution is -2.45. The molecule has 0 saturated heterocycles. The van der Waals surface area contributed by atoms with E-state index in [1.165, 1.54) is 24.5 Å². The second-order valence-electron chi connectivity index (χ2n) is 6.63. The Kier molecular flexibility index (Phi) is 6.53. The molecule has 0 aliphatic carbocycles. The Bertz CT molecular complexity index is 1100. The van der Waals surface area contributed by atoms with Crippen LogP contribution in [0.3, 0.4) is 0 Å². The average Bonchev–Trinajstić information content (AvgIpc) is 3.23. The number of hydrogen-bond acceptors (Lipinski definition) is 5. The van der Waals surface area contributed by atoms with Gasteiger partial charge in [-0.3, -0.25) is 14.3 Å². The van der Waals surface area contributed by atoms with E-state index in [1.807, 2.05) is 30.3 Å². The lowest BCUT2D eigenvalue weighted by molar-refractivity contribution is -0.118. The number of sulfonamides is 1. The Balaban J connectivity index is 1.73. The van der Waals surface area contributed by atoms with Crippen molar-refractivity contribution in [1.82, 2.24) is 5.32 Å².